The fourth-order valence-electron chi connectivity index (χ4n) is 2.85. The molecule has 0 aliphatic heterocycles. The zero-order valence-electron chi connectivity index (χ0n) is 14.0. The first kappa shape index (κ1) is 18.9. The van der Waals surface area contributed by atoms with Gasteiger partial charge in [-0.3, -0.25) is 4.79 Å². The Kier molecular flexibility index (Phi) is 5.20. The maximum absolute atomic E-state index is 13.3. The number of carbonyl (C=O) groups is 1. The molecule has 3 aromatic rings. The largest absolute Gasteiger partial charge is 0.411 e. The lowest BCUT2D eigenvalue weighted by Crippen LogP contribution is -2.18. The van der Waals surface area contributed by atoms with Crippen LogP contribution in [-0.2, 0) is 21.2 Å². The predicted molar refractivity (Wildman–Crippen MR) is 103 cm³/mol. The monoisotopic (exact) mass is 405 g/mol. The second-order valence-corrected chi connectivity index (χ2v) is 8.06. The van der Waals surface area contributed by atoms with Gasteiger partial charge in [-0.25, -0.2) is 12.4 Å². The van der Waals surface area contributed by atoms with Crippen LogP contribution in [0.3, 0.4) is 0 Å². The van der Waals surface area contributed by atoms with Gasteiger partial charge < -0.3 is 10.9 Å². The molecule has 0 bridgehead atoms. The van der Waals surface area contributed by atoms with E-state index < -0.39 is 15.9 Å². The number of hydrogen-bond donors (Lipinski definition) is 2. The van der Waals surface area contributed by atoms with E-state index >= 15 is 0 Å². The van der Waals surface area contributed by atoms with Crippen molar-refractivity contribution in [2.75, 3.05) is 0 Å². The van der Waals surface area contributed by atoms with Crippen LogP contribution < -0.4 is 5.73 Å². The normalized spacial score (nSPS) is 12.0. The molecule has 0 fully saturated rings. The van der Waals surface area contributed by atoms with Crippen molar-refractivity contribution in [2.24, 2.45) is 10.9 Å². The zero-order valence-corrected chi connectivity index (χ0v) is 15.6. The van der Waals surface area contributed by atoms with E-state index in [2.05, 4.69) is 5.16 Å². The lowest BCUT2D eigenvalue weighted by Gasteiger charge is -2.12. The van der Waals surface area contributed by atoms with Crippen molar-refractivity contribution >= 4 is 44.6 Å². The SMILES string of the molecule is NC(=O)CCc1cc2cc(Cl)c(C=NO)cc2n1S(=O)(=O)c1ccccc1. The van der Waals surface area contributed by atoms with Gasteiger partial charge in [0, 0.05) is 23.1 Å². The number of nitrogens with zero attached hydrogens (tertiary/aromatic N) is 2. The topological polar surface area (TPSA) is 115 Å². The number of fused-ring (bicyclic) bond motifs is 1. The Morgan fingerprint density at radius 1 is 1.22 bits per heavy atom. The summed E-state index contributed by atoms with van der Waals surface area (Å²) in [6, 6.07) is 12.7. The smallest absolute Gasteiger partial charge is 0.268 e. The van der Waals surface area contributed by atoms with Crippen LogP contribution in [0.2, 0.25) is 5.02 Å². The molecule has 140 valence electrons. The van der Waals surface area contributed by atoms with E-state index in [-0.39, 0.29) is 17.7 Å². The molecule has 2 aromatic carbocycles. The van der Waals surface area contributed by atoms with Gasteiger partial charge >= 0.3 is 0 Å². The van der Waals surface area contributed by atoms with E-state index in [0.29, 0.717) is 27.2 Å². The van der Waals surface area contributed by atoms with Crippen molar-refractivity contribution in [1.29, 1.82) is 0 Å². The quantitative estimate of drug-likeness (QED) is 0.372. The molecule has 0 atom stereocenters. The van der Waals surface area contributed by atoms with E-state index in [1.807, 2.05) is 0 Å². The third kappa shape index (κ3) is 3.67. The summed E-state index contributed by atoms with van der Waals surface area (Å²) in [6.07, 6.45) is 1.27. The Morgan fingerprint density at radius 2 is 1.93 bits per heavy atom. The van der Waals surface area contributed by atoms with Crippen LogP contribution in [-0.4, -0.2) is 29.7 Å². The Morgan fingerprint density at radius 3 is 2.56 bits per heavy atom. The molecule has 0 saturated heterocycles. The maximum atomic E-state index is 13.3. The lowest BCUT2D eigenvalue weighted by atomic mass is 10.1. The van der Waals surface area contributed by atoms with E-state index in [1.54, 1.807) is 30.3 Å². The van der Waals surface area contributed by atoms with Crippen LogP contribution in [0.5, 0.6) is 0 Å². The fraction of sp³-hybridized carbons (Fsp3) is 0.111. The summed E-state index contributed by atoms with van der Waals surface area (Å²) in [5.41, 5.74) is 6.35. The number of oxime groups is 1. The first-order valence-corrected chi connectivity index (χ1v) is 9.76. The van der Waals surface area contributed by atoms with Crippen LogP contribution in [0.25, 0.3) is 10.9 Å². The molecular formula is C18H16ClN3O4S. The number of halogens is 1. The summed E-state index contributed by atoms with van der Waals surface area (Å²) in [7, 11) is -3.93. The van der Waals surface area contributed by atoms with Gasteiger partial charge in [0.2, 0.25) is 5.91 Å². The van der Waals surface area contributed by atoms with E-state index in [9.17, 15) is 13.2 Å². The van der Waals surface area contributed by atoms with Crippen molar-refractivity contribution in [3.05, 3.63) is 64.8 Å². The molecule has 0 spiro atoms. The molecule has 0 saturated carbocycles. The minimum Gasteiger partial charge on any atom is -0.411 e. The van der Waals surface area contributed by atoms with E-state index in [0.717, 1.165) is 6.21 Å². The van der Waals surface area contributed by atoms with E-state index in [1.165, 1.54) is 22.2 Å². The number of hydrogen-bond acceptors (Lipinski definition) is 5. The number of carbonyl (C=O) groups excluding carboxylic acids is 1. The molecule has 3 rings (SSSR count). The van der Waals surface area contributed by atoms with Gasteiger partial charge in [-0.05, 0) is 36.8 Å². The molecule has 27 heavy (non-hydrogen) atoms. The zero-order chi connectivity index (χ0) is 19.6. The number of benzene rings is 2. The van der Waals surface area contributed by atoms with Crippen LogP contribution >= 0.6 is 11.6 Å². The summed E-state index contributed by atoms with van der Waals surface area (Å²) in [5.74, 6) is -0.532. The number of aryl methyl sites for hydroxylation is 1. The highest BCUT2D eigenvalue weighted by atomic mass is 35.5. The summed E-state index contributed by atoms with van der Waals surface area (Å²) in [6.45, 7) is 0. The number of primary amides is 1. The van der Waals surface area contributed by atoms with Crippen molar-refractivity contribution in [1.82, 2.24) is 3.97 Å². The third-order valence-corrected chi connectivity index (χ3v) is 6.16. The summed E-state index contributed by atoms with van der Waals surface area (Å²) < 4.78 is 27.7. The average molecular weight is 406 g/mol. The van der Waals surface area contributed by atoms with Crippen LogP contribution in [0.4, 0.5) is 0 Å². The highest BCUT2D eigenvalue weighted by Gasteiger charge is 2.23. The third-order valence-electron chi connectivity index (χ3n) is 4.05. The predicted octanol–water partition coefficient (Wildman–Crippen LogP) is 2.76. The molecule has 1 amide bonds. The molecule has 0 aliphatic carbocycles. The van der Waals surface area contributed by atoms with Gasteiger partial charge in [-0.1, -0.05) is 35.0 Å². The van der Waals surface area contributed by atoms with Gasteiger partial charge in [0.1, 0.15) is 0 Å². The first-order chi connectivity index (χ1) is 12.8. The highest BCUT2D eigenvalue weighted by molar-refractivity contribution is 7.90. The lowest BCUT2D eigenvalue weighted by molar-refractivity contribution is -0.118. The van der Waals surface area contributed by atoms with Crippen LogP contribution in [0.1, 0.15) is 17.7 Å². The van der Waals surface area contributed by atoms with Crippen molar-refractivity contribution in [3.8, 4) is 0 Å². The molecule has 3 N–H and O–H groups in total. The minimum atomic E-state index is -3.93. The van der Waals surface area contributed by atoms with E-state index in [4.69, 9.17) is 22.5 Å². The summed E-state index contributed by atoms with van der Waals surface area (Å²) in [5, 5.41) is 12.6. The first-order valence-electron chi connectivity index (χ1n) is 7.95. The second kappa shape index (κ2) is 7.42. The number of rotatable bonds is 6. The molecular weight excluding hydrogens is 390 g/mol. The molecule has 0 aliphatic rings. The number of nitrogens with two attached hydrogens (primary N) is 1. The highest BCUT2D eigenvalue weighted by Crippen LogP contribution is 2.30. The average Bonchev–Trinajstić information content (AvgIpc) is 2.99. The molecule has 0 radical (unpaired) electrons. The van der Waals surface area contributed by atoms with Crippen LogP contribution in [0.15, 0.2) is 58.6 Å². The Bertz CT molecular complexity index is 1140. The van der Waals surface area contributed by atoms with Gasteiger partial charge in [-0.15, -0.1) is 0 Å². The molecule has 1 aromatic heterocycles. The van der Waals surface area contributed by atoms with Gasteiger partial charge in [0.05, 0.1) is 21.6 Å². The second-order valence-electron chi connectivity index (χ2n) is 5.86. The van der Waals surface area contributed by atoms with Crippen molar-refractivity contribution in [2.45, 2.75) is 17.7 Å². The Balaban J connectivity index is 2.31. The molecule has 9 heteroatoms. The van der Waals surface area contributed by atoms with Gasteiger partial charge in [0.25, 0.3) is 10.0 Å². The Labute approximate surface area is 160 Å². The fourth-order valence-corrected chi connectivity index (χ4v) is 4.65. The standard InChI is InChI=1S/C18H16ClN3O4S/c19-16-9-12-8-14(6-7-18(20)23)22(17(12)10-13(16)11-21-24)27(25,26)15-4-2-1-3-5-15/h1-5,8-11,24H,6-7H2,(H2,20,23). The van der Waals surface area contributed by atoms with Crippen LogP contribution in [0, 0.1) is 0 Å². The molecule has 1 heterocycles. The molecule has 7 nitrogen and oxygen atoms in total. The number of amides is 1. The Hall–Kier alpha value is -2.84. The van der Waals surface area contributed by atoms with Crippen molar-refractivity contribution < 1.29 is 18.4 Å². The van der Waals surface area contributed by atoms with Gasteiger partial charge in [0.15, 0.2) is 0 Å². The maximum Gasteiger partial charge on any atom is 0.268 e. The number of aromatic nitrogens is 1. The molecule has 0 unspecified atom stereocenters. The van der Waals surface area contributed by atoms with Crippen molar-refractivity contribution in [3.63, 3.8) is 0 Å². The van der Waals surface area contributed by atoms with Gasteiger partial charge in [-0.2, -0.15) is 0 Å². The minimum absolute atomic E-state index is 0.000675. The summed E-state index contributed by atoms with van der Waals surface area (Å²) >= 11 is 6.17. The summed E-state index contributed by atoms with van der Waals surface area (Å²) in [4.78, 5) is 11.3.